The topological polar surface area (TPSA) is 140 Å². The van der Waals surface area contributed by atoms with Gasteiger partial charge in [0, 0.05) is 40.3 Å². The van der Waals surface area contributed by atoms with E-state index < -0.39 is 18.4 Å². The van der Waals surface area contributed by atoms with Crippen molar-refractivity contribution in [2.24, 2.45) is 9.98 Å². The first-order valence-electron chi connectivity index (χ1n) is 17.2. The van der Waals surface area contributed by atoms with Gasteiger partial charge in [-0.2, -0.15) is 0 Å². The molecule has 277 valence electrons. The van der Waals surface area contributed by atoms with E-state index >= 15 is 0 Å². The molecule has 0 heterocycles. The number of rotatable bonds is 13. The van der Waals surface area contributed by atoms with Crippen molar-refractivity contribution in [2.75, 3.05) is 0 Å². The van der Waals surface area contributed by atoms with E-state index in [0.717, 1.165) is 60.8 Å². The summed E-state index contributed by atoms with van der Waals surface area (Å²) in [4.78, 5) is 28.9. The minimum atomic E-state index is -1.31. The molecule has 3 rings (SSSR count). The largest absolute Gasteiger partial charge is 0.507 e. The first-order valence-corrected chi connectivity index (χ1v) is 17.2. The predicted molar refractivity (Wildman–Crippen MR) is 198 cm³/mol. The second-order valence-electron chi connectivity index (χ2n) is 14.4. The number of unbranched alkanes of at least 4 members (excludes halogenated alkanes) is 2. The summed E-state index contributed by atoms with van der Waals surface area (Å²) >= 11 is 0. The second kappa shape index (κ2) is 21.1. The van der Waals surface area contributed by atoms with Crippen LogP contribution in [0.4, 0.5) is 0 Å². The summed E-state index contributed by atoms with van der Waals surface area (Å²) in [6.45, 7) is 17.4. The molecule has 1 aliphatic carbocycles. The molecule has 0 aliphatic heterocycles. The smallest absolute Gasteiger partial charge is 0.314 e. The molecule has 2 aromatic rings. The molecular formula is C40H61CoN2O6-. The fourth-order valence-electron chi connectivity index (χ4n) is 6.06. The summed E-state index contributed by atoms with van der Waals surface area (Å²) in [6, 6.07) is 8.62. The van der Waals surface area contributed by atoms with Crippen LogP contribution in [0.2, 0.25) is 0 Å². The zero-order valence-electron chi connectivity index (χ0n) is 31.2. The standard InChI is InChI=1S/C36H54N2O2.C3H4O4.CH3.Co/c1-9-11-17-36(8,18-12-10-2)30-20-26(4)34(40)28(22-30)24-38-32-16-14-13-15-31(32)37-23-27-21-29(35(5,6)7)19-25(3)33(27)39;4-2(5)1-3(6)7;;/h19-24,31-32,39-40H,9-18H2,1-8H3;1H2,(H,4,5)(H,6,7);1H3;/q;;-1;. The molecule has 1 saturated carbocycles. The predicted octanol–water partition coefficient (Wildman–Crippen LogP) is 9.49. The molecule has 0 saturated heterocycles. The van der Waals surface area contributed by atoms with Crippen LogP contribution in [-0.2, 0) is 37.2 Å². The number of carboxylic acids is 2. The number of aromatic hydroxyl groups is 2. The fourth-order valence-corrected chi connectivity index (χ4v) is 6.06. The molecule has 2 atom stereocenters. The van der Waals surface area contributed by atoms with Gasteiger partial charge in [0.1, 0.15) is 17.9 Å². The van der Waals surface area contributed by atoms with Gasteiger partial charge in [-0.15, -0.1) is 0 Å². The summed E-state index contributed by atoms with van der Waals surface area (Å²) in [5.74, 6) is -1.99. The number of phenolic OH excluding ortho intramolecular Hbond substituents is 2. The van der Waals surface area contributed by atoms with Gasteiger partial charge in [-0.1, -0.05) is 92.2 Å². The first-order chi connectivity index (χ1) is 22.0. The van der Waals surface area contributed by atoms with Gasteiger partial charge in [0.2, 0.25) is 0 Å². The van der Waals surface area contributed by atoms with Crippen LogP contribution < -0.4 is 0 Å². The van der Waals surface area contributed by atoms with Gasteiger partial charge in [0.25, 0.3) is 0 Å². The Bertz CT molecular complexity index is 1390. The molecule has 0 bridgehead atoms. The van der Waals surface area contributed by atoms with Crippen LogP contribution in [0.5, 0.6) is 11.5 Å². The SMILES string of the molecule is CCCCC(C)(CCCC)c1cc(C)c(O)c(C=NC2CCCCC2N=Cc2cc(C(C)(C)C)cc(C)c2O)c1.O=C(O)CC(=O)O.[CH3-].[Co]. The van der Waals surface area contributed by atoms with Crippen LogP contribution in [0.3, 0.4) is 0 Å². The number of carboxylic acid groups (broad SMARTS) is 2. The average Bonchev–Trinajstić information content (AvgIpc) is 2.99. The first kappa shape index (κ1) is 45.8. The fraction of sp³-hybridized carbons (Fsp3) is 0.575. The van der Waals surface area contributed by atoms with Gasteiger partial charge in [-0.3, -0.25) is 19.6 Å². The molecule has 2 aromatic carbocycles. The molecule has 0 amide bonds. The summed E-state index contributed by atoms with van der Waals surface area (Å²) < 4.78 is 0. The van der Waals surface area contributed by atoms with E-state index in [1.807, 2.05) is 26.3 Å². The normalized spacial score (nSPS) is 16.4. The van der Waals surface area contributed by atoms with Crippen molar-refractivity contribution in [1.82, 2.24) is 0 Å². The molecule has 1 radical (unpaired) electrons. The number of aliphatic imine (C=N–C) groups is 2. The van der Waals surface area contributed by atoms with Crippen molar-refractivity contribution in [3.8, 4) is 11.5 Å². The molecule has 2 unspecified atom stereocenters. The van der Waals surface area contributed by atoms with Gasteiger partial charge in [-0.05, 0) is 84.7 Å². The van der Waals surface area contributed by atoms with Crippen molar-refractivity contribution in [3.63, 3.8) is 0 Å². The Balaban J connectivity index is 0.00000231. The third-order valence-electron chi connectivity index (χ3n) is 9.19. The molecule has 1 fully saturated rings. The van der Waals surface area contributed by atoms with E-state index in [4.69, 9.17) is 20.2 Å². The van der Waals surface area contributed by atoms with E-state index in [1.54, 1.807) is 0 Å². The zero-order chi connectivity index (χ0) is 35.4. The van der Waals surface area contributed by atoms with Crippen molar-refractivity contribution >= 4 is 24.4 Å². The van der Waals surface area contributed by atoms with Gasteiger partial charge >= 0.3 is 11.9 Å². The molecule has 8 nitrogen and oxygen atoms in total. The van der Waals surface area contributed by atoms with Crippen molar-refractivity contribution < 1.29 is 46.8 Å². The number of hydrogen-bond acceptors (Lipinski definition) is 6. The van der Waals surface area contributed by atoms with Gasteiger partial charge in [-0.25, -0.2) is 0 Å². The Kier molecular flexibility index (Phi) is 19.8. The number of benzene rings is 2. The van der Waals surface area contributed by atoms with E-state index in [0.29, 0.717) is 11.5 Å². The van der Waals surface area contributed by atoms with E-state index in [1.165, 1.54) is 36.8 Å². The van der Waals surface area contributed by atoms with E-state index in [2.05, 4.69) is 65.8 Å². The van der Waals surface area contributed by atoms with Gasteiger partial charge in [0.05, 0.1) is 12.1 Å². The molecule has 0 aromatic heterocycles. The van der Waals surface area contributed by atoms with E-state index in [9.17, 15) is 19.8 Å². The zero-order valence-corrected chi connectivity index (χ0v) is 32.3. The number of nitrogens with zero attached hydrogens (tertiary/aromatic N) is 2. The number of phenols is 2. The molecule has 49 heavy (non-hydrogen) atoms. The molecule has 9 heteroatoms. The minimum absolute atomic E-state index is 0. The summed E-state index contributed by atoms with van der Waals surface area (Å²) in [5, 5.41) is 37.1. The molecular weight excluding hydrogens is 663 g/mol. The Morgan fingerprint density at radius 2 is 1.14 bits per heavy atom. The van der Waals surface area contributed by atoms with Crippen molar-refractivity contribution in [2.45, 2.75) is 149 Å². The Labute approximate surface area is 305 Å². The van der Waals surface area contributed by atoms with E-state index in [-0.39, 0.29) is 47.1 Å². The molecule has 1 aliphatic rings. The van der Waals surface area contributed by atoms with Crippen molar-refractivity contribution in [3.05, 3.63) is 65.1 Å². The number of carbonyl (C=O) groups is 2. The quantitative estimate of drug-likeness (QED) is 0.0922. The maximum absolute atomic E-state index is 11.0. The van der Waals surface area contributed by atoms with Crippen LogP contribution in [-0.4, -0.2) is 56.9 Å². The maximum Gasteiger partial charge on any atom is 0.314 e. The third-order valence-corrected chi connectivity index (χ3v) is 9.19. The van der Waals surface area contributed by atoms with Crippen molar-refractivity contribution in [1.29, 1.82) is 0 Å². The van der Waals surface area contributed by atoms with Crippen LogP contribution in [0.1, 0.15) is 146 Å². The Morgan fingerprint density at radius 1 is 0.755 bits per heavy atom. The summed E-state index contributed by atoms with van der Waals surface area (Å²) in [6.07, 6.45) is 14.3. The van der Waals surface area contributed by atoms with Gasteiger partial charge < -0.3 is 27.9 Å². The summed E-state index contributed by atoms with van der Waals surface area (Å²) in [5.41, 5.74) is 5.99. The monoisotopic (exact) mass is 724 g/mol. The second-order valence-corrected chi connectivity index (χ2v) is 14.4. The van der Waals surface area contributed by atoms with Crippen LogP contribution in [0.25, 0.3) is 0 Å². The van der Waals surface area contributed by atoms with Crippen LogP contribution in [0.15, 0.2) is 34.3 Å². The van der Waals surface area contributed by atoms with Gasteiger partial charge in [0.15, 0.2) is 0 Å². The maximum atomic E-state index is 11.0. The summed E-state index contributed by atoms with van der Waals surface area (Å²) in [7, 11) is 0. The Morgan fingerprint density at radius 3 is 1.49 bits per heavy atom. The third kappa shape index (κ3) is 14.3. The average molecular weight is 725 g/mol. The van der Waals surface area contributed by atoms with Crippen LogP contribution >= 0.6 is 0 Å². The Hall–Kier alpha value is -3.17. The van der Waals surface area contributed by atoms with Crippen LogP contribution in [0, 0.1) is 21.3 Å². The number of aryl methyl sites for hydroxylation is 2. The number of aliphatic carboxylic acids is 2. The number of hydrogen-bond donors (Lipinski definition) is 4. The minimum Gasteiger partial charge on any atom is -0.507 e. The molecule has 0 spiro atoms. The molecule has 4 N–H and O–H groups in total.